The van der Waals surface area contributed by atoms with Crippen molar-refractivity contribution in [2.24, 2.45) is 13.0 Å². The van der Waals surface area contributed by atoms with Crippen molar-refractivity contribution in [3.8, 4) is 17.0 Å². The van der Waals surface area contributed by atoms with Crippen molar-refractivity contribution in [3.63, 3.8) is 0 Å². The van der Waals surface area contributed by atoms with Crippen molar-refractivity contribution in [2.75, 3.05) is 6.61 Å². The molecule has 1 heterocycles. The molecule has 3 rings (SSSR count). The van der Waals surface area contributed by atoms with Crippen LogP contribution in [0, 0.1) is 11.3 Å². The summed E-state index contributed by atoms with van der Waals surface area (Å²) in [4.78, 5) is 0. The predicted octanol–water partition coefficient (Wildman–Crippen LogP) is 3.61. The van der Waals surface area contributed by atoms with Gasteiger partial charge in [-0.05, 0) is 37.0 Å². The molecule has 20 heavy (non-hydrogen) atoms. The van der Waals surface area contributed by atoms with Crippen LogP contribution in [0.15, 0.2) is 36.4 Å². The molecule has 4 heteroatoms. The third-order valence-electron chi connectivity index (χ3n) is 3.62. The lowest BCUT2D eigenvalue weighted by atomic mass is 10.1. The number of ether oxygens (including phenoxy) is 1. The average molecular weight is 289 g/mol. The second kappa shape index (κ2) is 5.33. The van der Waals surface area contributed by atoms with E-state index in [1.54, 1.807) is 10.6 Å². The van der Waals surface area contributed by atoms with E-state index in [-0.39, 0.29) is 0 Å². The fourth-order valence-electron chi connectivity index (χ4n) is 2.18. The Morgan fingerprint density at radius 3 is 2.65 bits per heavy atom. The van der Waals surface area contributed by atoms with Crippen LogP contribution in [0.25, 0.3) is 11.1 Å². The number of aromatic nitrogens is 1. The Kier molecular flexibility index (Phi) is 3.53. The number of halogens is 1. The number of hydrogen-bond donors (Lipinski definition) is 1. The smallest absolute Gasteiger partial charge is 0.202 e. The molecule has 1 fully saturated rings. The SMILES string of the molecule is Cn1c(OCC2CC2)c(-c2ccccc2Cl)ccc1=N. The zero-order chi connectivity index (χ0) is 14.1. The monoisotopic (exact) mass is 288 g/mol. The van der Waals surface area contributed by atoms with Gasteiger partial charge in [0.1, 0.15) is 5.49 Å². The first-order valence-corrected chi connectivity index (χ1v) is 7.17. The molecule has 0 atom stereocenters. The maximum atomic E-state index is 7.92. The summed E-state index contributed by atoms with van der Waals surface area (Å²) >= 11 is 6.29. The highest BCUT2D eigenvalue weighted by Crippen LogP contribution is 2.35. The third-order valence-corrected chi connectivity index (χ3v) is 3.95. The van der Waals surface area contributed by atoms with Gasteiger partial charge in [0.25, 0.3) is 0 Å². The molecule has 1 saturated carbocycles. The fourth-order valence-corrected chi connectivity index (χ4v) is 2.41. The van der Waals surface area contributed by atoms with E-state index < -0.39 is 0 Å². The molecule has 0 radical (unpaired) electrons. The van der Waals surface area contributed by atoms with E-state index >= 15 is 0 Å². The first kappa shape index (κ1) is 13.3. The van der Waals surface area contributed by atoms with Crippen LogP contribution >= 0.6 is 11.6 Å². The Morgan fingerprint density at radius 2 is 1.95 bits per heavy atom. The molecule has 0 spiro atoms. The number of nitrogens with zero attached hydrogens (tertiary/aromatic N) is 1. The maximum absolute atomic E-state index is 7.92. The second-order valence-electron chi connectivity index (χ2n) is 5.23. The lowest BCUT2D eigenvalue weighted by Gasteiger charge is -2.16. The third kappa shape index (κ3) is 2.59. The van der Waals surface area contributed by atoms with Gasteiger partial charge in [-0.2, -0.15) is 0 Å². The van der Waals surface area contributed by atoms with E-state index in [1.165, 1.54) is 12.8 Å². The Bertz CT molecular complexity index is 689. The zero-order valence-electron chi connectivity index (χ0n) is 11.4. The number of benzene rings is 1. The summed E-state index contributed by atoms with van der Waals surface area (Å²) in [6.07, 6.45) is 2.48. The topological polar surface area (TPSA) is 38.0 Å². The van der Waals surface area contributed by atoms with Gasteiger partial charge < -0.3 is 9.30 Å². The lowest BCUT2D eigenvalue weighted by Crippen LogP contribution is -2.19. The van der Waals surface area contributed by atoms with Gasteiger partial charge in [0.2, 0.25) is 5.88 Å². The van der Waals surface area contributed by atoms with Gasteiger partial charge in [-0.3, -0.25) is 5.41 Å². The van der Waals surface area contributed by atoms with Gasteiger partial charge in [0, 0.05) is 23.2 Å². The lowest BCUT2D eigenvalue weighted by molar-refractivity contribution is 0.276. The molecule has 2 aromatic rings. The minimum Gasteiger partial charge on any atom is -0.478 e. The standard InChI is InChI=1S/C16H17ClN2O/c1-19-15(18)9-8-13(12-4-2-3-5-14(12)17)16(19)20-10-11-6-7-11/h2-5,8-9,11,18H,6-7,10H2,1H3. The van der Waals surface area contributed by atoms with Gasteiger partial charge in [-0.25, -0.2) is 0 Å². The highest BCUT2D eigenvalue weighted by atomic mass is 35.5. The molecule has 0 bridgehead atoms. The molecule has 1 aliphatic carbocycles. The number of rotatable bonds is 4. The summed E-state index contributed by atoms with van der Waals surface area (Å²) in [5.41, 5.74) is 2.30. The van der Waals surface area contributed by atoms with Crippen LogP contribution in [0.2, 0.25) is 5.02 Å². The van der Waals surface area contributed by atoms with Gasteiger partial charge in [-0.15, -0.1) is 0 Å². The minimum atomic E-state index is 0.423. The number of pyridine rings is 1. The second-order valence-corrected chi connectivity index (χ2v) is 5.64. The van der Waals surface area contributed by atoms with E-state index in [1.807, 2.05) is 37.4 Å². The van der Waals surface area contributed by atoms with Crippen LogP contribution in [0.3, 0.4) is 0 Å². The molecule has 0 unspecified atom stereocenters. The first-order chi connectivity index (χ1) is 9.66. The average Bonchev–Trinajstić information content (AvgIpc) is 3.25. The minimum absolute atomic E-state index is 0.423. The molecule has 1 aliphatic rings. The predicted molar refractivity (Wildman–Crippen MR) is 79.9 cm³/mol. The zero-order valence-corrected chi connectivity index (χ0v) is 12.2. The largest absolute Gasteiger partial charge is 0.478 e. The summed E-state index contributed by atoms with van der Waals surface area (Å²) in [7, 11) is 1.85. The molecular weight excluding hydrogens is 272 g/mol. The Labute approximate surface area is 123 Å². The number of hydrogen-bond acceptors (Lipinski definition) is 2. The van der Waals surface area contributed by atoms with Crippen molar-refractivity contribution >= 4 is 11.6 Å². The molecular formula is C16H17ClN2O. The van der Waals surface area contributed by atoms with Gasteiger partial charge in [0.05, 0.1) is 6.61 Å². The Morgan fingerprint density at radius 1 is 1.20 bits per heavy atom. The molecule has 0 aliphatic heterocycles. The van der Waals surface area contributed by atoms with Crippen molar-refractivity contribution in [1.29, 1.82) is 5.41 Å². The summed E-state index contributed by atoms with van der Waals surface area (Å²) < 4.78 is 7.73. The van der Waals surface area contributed by atoms with Crippen LogP contribution in [0.5, 0.6) is 5.88 Å². The van der Waals surface area contributed by atoms with Crippen molar-refractivity contribution in [3.05, 3.63) is 46.9 Å². The van der Waals surface area contributed by atoms with Crippen molar-refractivity contribution in [1.82, 2.24) is 4.57 Å². The molecule has 0 saturated heterocycles. The normalized spacial score (nSPS) is 14.3. The quantitative estimate of drug-likeness (QED) is 0.917. The van der Waals surface area contributed by atoms with Crippen molar-refractivity contribution < 1.29 is 4.74 Å². The van der Waals surface area contributed by atoms with Crippen LogP contribution in [0.1, 0.15) is 12.8 Å². The van der Waals surface area contributed by atoms with Crippen LogP contribution in [-0.2, 0) is 7.05 Å². The number of nitrogens with one attached hydrogen (secondary N) is 1. The Balaban J connectivity index is 2.07. The van der Waals surface area contributed by atoms with E-state index in [4.69, 9.17) is 21.7 Å². The summed E-state index contributed by atoms with van der Waals surface area (Å²) in [6.45, 7) is 0.717. The summed E-state index contributed by atoms with van der Waals surface area (Å²) in [5.74, 6) is 1.39. The molecule has 104 valence electrons. The van der Waals surface area contributed by atoms with Gasteiger partial charge in [-0.1, -0.05) is 29.8 Å². The van der Waals surface area contributed by atoms with Crippen molar-refractivity contribution in [2.45, 2.75) is 12.8 Å². The summed E-state index contributed by atoms with van der Waals surface area (Å²) in [5, 5.41) is 8.62. The fraction of sp³-hybridized carbons (Fsp3) is 0.312. The van der Waals surface area contributed by atoms with Crippen LogP contribution < -0.4 is 10.2 Å². The Hall–Kier alpha value is -1.74. The summed E-state index contributed by atoms with van der Waals surface area (Å²) in [6, 6.07) is 11.4. The maximum Gasteiger partial charge on any atom is 0.202 e. The van der Waals surface area contributed by atoms with E-state index in [2.05, 4.69) is 0 Å². The first-order valence-electron chi connectivity index (χ1n) is 6.79. The van der Waals surface area contributed by atoms with E-state index in [0.29, 0.717) is 16.4 Å². The molecule has 0 amide bonds. The highest BCUT2D eigenvalue weighted by molar-refractivity contribution is 6.33. The molecule has 1 aromatic heterocycles. The highest BCUT2D eigenvalue weighted by Gasteiger charge is 2.23. The molecule has 1 aromatic carbocycles. The van der Waals surface area contributed by atoms with Gasteiger partial charge in [0.15, 0.2) is 0 Å². The van der Waals surface area contributed by atoms with E-state index in [0.717, 1.165) is 23.6 Å². The van der Waals surface area contributed by atoms with Crippen LogP contribution in [0.4, 0.5) is 0 Å². The molecule has 1 N–H and O–H groups in total. The van der Waals surface area contributed by atoms with Crippen LogP contribution in [-0.4, -0.2) is 11.2 Å². The molecule has 3 nitrogen and oxygen atoms in total. The van der Waals surface area contributed by atoms with E-state index in [9.17, 15) is 0 Å². The van der Waals surface area contributed by atoms with Gasteiger partial charge >= 0.3 is 0 Å².